The lowest BCUT2D eigenvalue weighted by Crippen LogP contribution is -2.16. The van der Waals surface area contributed by atoms with E-state index >= 15 is 0 Å². The van der Waals surface area contributed by atoms with Crippen LogP contribution in [0.25, 0.3) is 21.5 Å². The lowest BCUT2D eigenvalue weighted by atomic mass is 10.0. The minimum atomic E-state index is -3.67. The van der Waals surface area contributed by atoms with Crippen molar-refractivity contribution in [1.29, 1.82) is 0 Å². The molecular formula is C33H44N2O5S. The van der Waals surface area contributed by atoms with E-state index in [4.69, 9.17) is 14.0 Å². The summed E-state index contributed by atoms with van der Waals surface area (Å²) < 4.78 is 37.5. The van der Waals surface area contributed by atoms with Gasteiger partial charge in [-0.3, -0.25) is 4.55 Å². The molecule has 0 aromatic heterocycles. The minimum absolute atomic E-state index is 0.690. The monoisotopic (exact) mass is 580 g/mol. The summed E-state index contributed by atoms with van der Waals surface area (Å²) in [5.41, 5.74) is 2.67. The fraction of sp³-hybridized carbons (Fsp3) is 0.394. The third-order valence-electron chi connectivity index (χ3n) is 6.64. The first-order valence-corrected chi connectivity index (χ1v) is 16.3. The highest BCUT2D eigenvalue weighted by Gasteiger charge is 2.07. The van der Waals surface area contributed by atoms with Crippen LogP contribution in [0, 0.1) is 0 Å². The van der Waals surface area contributed by atoms with Crippen molar-refractivity contribution in [1.82, 2.24) is 10.6 Å². The van der Waals surface area contributed by atoms with Gasteiger partial charge in [-0.15, -0.1) is 0 Å². The van der Waals surface area contributed by atoms with E-state index in [9.17, 15) is 8.42 Å². The van der Waals surface area contributed by atoms with Gasteiger partial charge in [-0.2, -0.15) is 8.42 Å². The van der Waals surface area contributed by atoms with Crippen LogP contribution in [0.3, 0.4) is 0 Å². The molecule has 4 rings (SSSR count). The van der Waals surface area contributed by atoms with Gasteiger partial charge in [0.05, 0.1) is 19.5 Å². The summed E-state index contributed by atoms with van der Waals surface area (Å²) in [6.45, 7) is 9.33. The van der Waals surface area contributed by atoms with Crippen molar-refractivity contribution in [2.75, 3.05) is 32.6 Å². The van der Waals surface area contributed by atoms with E-state index in [0.717, 1.165) is 37.7 Å². The molecule has 0 heterocycles. The van der Waals surface area contributed by atoms with Crippen LogP contribution >= 0.6 is 0 Å². The Morgan fingerprint density at radius 1 is 0.610 bits per heavy atom. The van der Waals surface area contributed by atoms with Crippen LogP contribution < -0.4 is 20.1 Å². The molecule has 0 unspecified atom stereocenters. The maximum absolute atomic E-state index is 9.19. The number of nitrogens with one attached hydrogen (secondary N) is 2. The highest BCUT2D eigenvalue weighted by molar-refractivity contribution is 7.85. The Labute approximate surface area is 245 Å². The zero-order valence-electron chi connectivity index (χ0n) is 24.5. The van der Waals surface area contributed by atoms with Gasteiger partial charge in [0.15, 0.2) is 0 Å². The van der Waals surface area contributed by atoms with Crippen LogP contribution in [0.4, 0.5) is 0 Å². The predicted molar refractivity (Wildman–Crippen MR) is 170 cm³/mol. The SMILES string of the molecule is CCOc1ccc(CNCCCCCCNCc2ccc(OCC)c3ccccc23)c2ccccc12.CS(=O)(=O)O. The lowest BCUT2D eigenvalue weighted by molar-refractivity contribution is 0.344. The molecule has 41 heavy (non-hydrogen) atoms. The summed E-state index contributed by atoms with van der Waals surface area (Å²) in [5, 5.41) is 12.2. The molecule has 4 aromatic rings. The molecular weight excluding hydrogens is 536 g/mol. The maximum atomic E-state index is 9.19. The molecule has 4 aromatic carbocycles. The molecule has 0 fully saturated rings. The molecule has 0 saturated heterocycles. The average molecular weight is 581 g/mol. The third-order valence-corrected chi connectivity index (χ3v) is 6.64. The molecule has 8 heteroatoms. The Hall–Kier alpha value is -3.17. The van der Waals surface area contributed by atoms with Crippen LogP contribution in [0.2, 0.25) is 0 Å². The summed E-state index contributed by atoms with van der Waals surface area (Å²) in [6.07, 6.45) is 5.64. The molecule has 0 aliphatic rings. The van der Waals surface area contributed by atoms with E-state index in [0.29, 0.717) is 19.5 Å². The number of rotatable bonds is 15. The molecule has 7 nitrogen and oxygen atoms in total. The predicted octanol–water partition coefficient (Wildman–Crippen LogP) is 6.73. The first-order valence-electron chi connectivity index (χ1n) is 14.4. The Balaban J connectivity index is 0.000000850. The molecule has 0 bridgehead atoms. The third kappa shape index (κ3) is 11.0. The number of unbranched alkanes of at least 4 members (excludes halogenated alkanes) is 3. The first kappa shape index (κ1) is 32.3. The van der Waals surface area contributed by atoms with Crippen LogP contribution in [-0.2, 0) is 23.2 Å². The van der Waals surface area contributed by atoms with Crippen molar-refractivity contribution in [3.63, 3.8) is 0 Å². The summed E-state index contributed by atoms with van der Waals surface area (Å²) in [7, 11) is -3.67. The summed E-state index contributed by atoms with van der Waals surface area (Å²) in [5.74, 6) is 1.95. The van der Waals surface area contributed by atoms with E-state index in [1.54, 1.807) is 0 Å². The van der Waals surface area contributed by atoms with Crippen molar-refractivity contribution in [3.05, 3.63) is 83.9 Å². The van der Waals surface area contributed by atoms with Crippen molar-refractivity contribution < 1.29 is 22.4 Å². The Morgan fingerprint density at radius 3 is 1.34 bits per heavy atom. The fourth-order valence-corrected chi connectivity index (χ4v) is 4.84. The van der Waals surface area contributed by atoms with Gasteiger partial charge in [-0.05, 0) is 73.8 Å². The first-order chi connectivity index (χ1) is 19.8. The summed E-state index contributed by atoms with van der Waals surface area (Å²) in [4.78, 5) is 0. The standard InChI is InChI=1S/C32H40N2O2.CH4O3S/c1-3-35-31-19-17-25(27-13-7-9-15-29(27)31)23-33-21-11-5-6-12-22-34-24-26-18-20-32(36-4-2)30-16-10-8-14-28(26)30;1-5(2,3)4/h7-10,13-20,33-34H,3-6,11-12,21-24H2,1-2H3;1H3,(H,2,3,4). The quantitative estimate of drug-likeness (QED) is 0.106. The summed E-state index contributed by atoms with van der Waals surface area (Å²) >= 11 is 0. The van der Waals surface area contributed by atoms with Crippen molar-refractivity contribution in [2.24, 2.45) is 0 Å². The van der Waals surface area contributed by atoms with E-state index in [-0.39, 0.29) is 0 Å². The smallest absolute Gasteiger partial charge is 0.261 e. The minimum Gasteiger partial charge on any atom is -0.493 e. The second-order valence-electron chi connectivity index (χ2n) is 9.90. The number of hydrogen-bond acceptors (Lipinski definition) is 6. The van der Waals surface area contributed by atoms with Gasteiger partial charge in [-0.25, -0.2) is 0 Å². The van der Waals surface area contributed by atoms with E-state index in [1.165, 1.54) is 58.4 Å². The van der Waals surface area contributed by atoms with Gasteiger partial charge in [-0.1, -0.05) is 73.5 Å². The van der Waals surface area contributed by atoms with Gasteiger partial charge in [0.2, 0.25) is 0 Å². The molecule has 0 aliphatic carbocycles. The van der Waals surface area contributed by atoms with Crippen LogP contribution in [0.1, 0.15) is 50.7 Å². The average Bonchev–Trinajstić information content (AvgIpc) is 2.95. The Kier molecular flexibility index (Phi) is 13.4. The second kappa shape index (κ2) is 16.9. The topological polar surface area (TPSA) is 96.9 Å². The Morgan fingerprint density at radius 2 is 0.976 bits per heavy atom. The number of ether oxygens (including phenoxy) is 2. The molecule has 0 spiro atoms. The maximum Gasteiger partial charge on any atom is 0.261 e. The van der Waals surface area contributed by atoms with E-state index < -0.39 is 10.1 Å². The van der Waals surface area contributed by atoms with Gasteiger partial charge in [0.1, 0.15) is 11.5 Å². The van der Waals surface area contributed by atoms with Crippen LogP contribution in [0.15, 0.2) is 72.8 Å². The Bertz CT molecular complexity index is 1370. The van der Waals surface area contributed by atoms with E-state index in [2.05, 4.69) is 83.4 Å². The van der Waals surface area contributed by atoms with Crippen LogP contribution in [0.5, 0.6) is 11.5 Å². The fourth-order valence-electron chi connectivity index (χ4n) is 4.84. The highest BCUT2D eigenvalue weighted by atomic mass is 32.2. The van der Waals surface area contributed by atoms with Gasteiger partial charge < -0.3 is 20.1 Å². The largest absolute Gasteiger partial charge is 0.493 e. The highest BCUT2D eigenvalue weighted by Crippen LogP contribution is 2.29. The van der Waals surface area contributed by atoms with Crippen molar-refractivity contribution in [3.8, 4) is 11.5 Å². The van der Waals surface area contributed by atoms with Gasteiger partial charge in [0, 0.05) is 23.9 Å². The molecule has 0 saturated carbocycles. The number of benzene rings is 4. The number of hydrogen-bond donors (Lipinski definition) is 3. The molecule has 0 amide bonds. The normalized spacial score (nSPS) is 11.3. The van der Waals surface area contributed by atoms with Gasteiger partial charge >= 0.3 is 0 Å². The zero-order valence-corrected chi connectivity index (χ0v) is 25.3. The molecule has 222 valence electrons. The summed E-state index contributed by atoms with van der Waals surface area (Å²) in [6, 6.07) is 25.6. The van der Waals surface area contributed by atoms with Gasteiger partial charge in [0.25, 0.3) is 10.1 Å². The van der Waals surface area contributed by atoms with Crippen molar-refractivity contribution >= 4 is 31.7 Å². The van der Waals surface area contributed by atoms with E-state index in [1.807, 2.05) is 13.8 Å². The molecule has 0 aliphatic heterocycles. The second-order valence-corrected chi connectivity index (χ2v) is 11.4. The molecule has 0 atom stereocenters. The zero-order chi connectivity index (χ0) is 29.5. The van der Waals surface area contributed by atoms with Crippen LogP contribution in [-0.4, -0.2) is 45.5 Å². The van der Waals surface area contributed by atoms with Crippen molar-refractivity contribution in [2.45, 2.75) is 52.6 Å². The number of fused-ring (bicyclic) bond motifs is 2. The molecule has 3 N–H and O–H groups in total. The molecule has 0 radical (unpaired) electrons. The lowest BCUT2D eigenvalue weighted by Gasteiger charge is -2.13.